The van der Waals surface area contributed by atoms with E-state index in [1.54, 1.807) is 0 Å². The van der Waals surface area contributed by atoms with Crippen molar-refractivity contribution in [2.75, 3.05) is 11.5 Å². The largest absolute Gasteiger partial charge is 0.369 e. The Morgan fingerprint density at radius 1 is 1.26 bits per heavy atom. The maximum absolute atomic E-state index is 6.22. The molecular formula is C15H30N2OS. The Labute approximate surface area is 122 Å². The fourth-order valence-electron chi connectivity index (χ4n) is 3.92. The van der Waals surface area contributed by atoms with Gasteiger partial charge in [0.2, 0.25) is 0 Å². The first-order valence-electron chi connectivity index (χ1n) is 7.58. The molecule has 2 atom stereocenters. The van der Waals surface area contributed by atoms with Crippen molar-refractivity contribution in [3.8, 4) is 0 Å². The summed E-state index contributed by atoms with van der Waals surface area (Å²) in [5.74, 6) is 9.84. The van der Waals surface area contributed by atoms with E-state index in [0.29, 0.717) is 12.0 Å². The van der Waals surface area contributed by atoms with Crippen LogP contribution >= 0.6 is 11.8 Å². The Morgan fingerprint density at radius 2 is 1.89 bits per heavy atom. The van der Waals surface area contributed by atoms with Crippen LogP contribution < -0.4 is 11.3 Å². The van der Waals surface area contributed by atoms with Crippen LogP contribution in [0.25, 0.3) is 0 Å². The van der Waals surface area contributed by atoms with Gasteiger partial charge in [-0.25, -0.2) is 0 Å². The zero-order valence-corrected chi connectivity index (χ0v) is 13.7. The van der Waals surface area contributed by atoms with Crippen LogP contribution in [0, 0.1) is 11.8 Å². The van der Waals surface area contributed by atoms with Gasteiger partial charge in [-0.1, -0.05) is 0 Å². The summed E-state index contributed by atoms with van der Waals surface area (Å²) < 4.78 is 6.22. The topological polar surface area (TPSA) is 47.3 Å². The zero-order valence-electron chi connectivity index (χ0n) is 12.9. The molecule has 2 rings (SSSR count). The number of ether oxygens (including phenoxy) is 1. The monoisotopic (exact) mass is 286 g/mol. The summed E-state index contributed by atoms with van der Waals surface area (Å²) in [6, 6.07) is 0.380. The molecule has 4 heteroatoms. The minimum atomic E-state index is -0.0794. The summed E-state index contributed by atoms with van der Waals surface area (Å²) in [7, 11) is 0. The Kier molecular flexibility index (Phi) is 4.87. The molecule has 2 aliphatic heterocycles. The van der Waals surface area contributed by atoms with E-state index in [1.807, 2.05) is 0 Å². The maximum Gasteiger partial charge on any atom is 0.0678 e. The molecule has 2 saturated heterocycles. The summed E-state index contributed by atoms with van der Waals surface area (Å²) in [5, 5.41) is 0. The molecule has 0 spiro atoms. The number of nitrogens with one attached hydrogen (secondary N) is 1. The summed E-state index contributed by atoms with van der Waals surface area (Å²) in [4.78, 5) is 0. The average molecular weight is 286 g/mol. The highest BCUT2D eigenvalue weighted by Gasteiger charge is 2.49. The van der Waals surface area contributed by atoms with Crippen molar-refractivity contribution in [3.63, 3.8) is 0 Å². The van der Waals surface area contributed by atoms with Crippen molar-refractivity contribution in [2.45, 2.75) is 70.6 Å². The second-order valence-electron chi connectivity index (χ2n) is 7.34. The smallest absolute Gasteiger partial charge is 0.0678 e. The van der Waals surface area contributed by atoms with Crippen molar-refractivity contribution < 1.29 is 4.74 Å². The van der Waals surface area contributed by atoms with Gasteiger partial charge in [0.05, 0.1) is 11.2 Å². The molecule has 0 aliphatic carbocycles. The Bertz CT molecular complexity index is 301. The van der Waals surface area contributed by atoms with Gasteiger partial charge in [-0.2, -0.15) is 11.8 Å². The SMILES string of the molecule is CC1(C)CC(C(CC2CCSCC2)NN)C(C)(C)O1. The van der Waals surface area contributed by atoms with Crippen LogP contribution in [-0.2, 0) is 4.74 Å². The second kappa shape index (κ2) is 5.92. The van der Waals surface area contributed by atoms with Crippen LogP contribution in [0.3, 0.4) is 0 Å². The summed E-state index contributed by atoms with van der Waals surface area (Å²) >= 11 is 2.09. The third kappa shape index (κ3) is 3.87. The molecule has 2 heterocycles. The Balaban J connectivity index is 2.00. The average Bonchev–Trinajstić information content (AvgIpc) is 2.55. The van der Waals surface area contributed by atoms with Crippen LogP contribution in [0.2, 0.25) is 0 Å². The van der Waals surface area contributed by atoms with E-state index >= 15 is 0 Å². The van der Waals surface area contributed by atoms with Gasteiger partial charge in [-0.05, 0) is 70.8 Å². The van der Waals surface area contributed by atoms with Crippen LogP contribution in [0.15, 0.2) is 0 Å². The molecule has 0 aromatic rings. The minimum Gasteiger partial charge on any atom is -0.369 e. The van der Waals surface area contributed by atoms with E-state index in [1.165, 1.54) is 30.8 Å². The van der Waals surface area contributed by atoms with Gasteiger partial charge in [-0.15, -0.1) is 0 Å². The number of thioether (sulfide) groups is 1. The van der Waals surface area contributed by atoms with Gasteiger partial charge in [0.15, 0.2) is 0 Å². The Morgan fingerprint density at radius 3 is 2.37 bits per heavy atom. The van der Waals surface area contributed by atoms with E-state index in [-0.39, 0.29) is 11.2 Å². The first-order chi connectivity index (χ1) is 8.84. The lowest BCUT2D eigenvalue weighted by Gasteiger charge is -2.35. The summed E-state index contributed by atoms with van der Waals surface area (Å²) in [6.45, 7) is 8.82. The van der Waals surface area contributed by atoms with Crippen LogP contribution in [0.1, 0.15) is 53.4 Å². The van der Waals surface area contributed by atoms with Gasteiger partial charge in [0.25, 0.3) is 0 Å². The highest BCUT2D eigenvalue weighted by Crippen LogP contribution is 2.45. The van der Waals surface area contributed by atoms with Crippen molar-refractivity contribution in [1.29, 1.82) is 0 Å². The van der Waals surface area contributed by atoms with Crippen molar-refractivity contribution in [1.82, 2.24) is 5.43 Å². The molecule has 3 nitrogen and oxygen atoms in total. The Hall–Kier alpha value is 0.230. The van der Waals surface area contributed by atoms with Crippen LogP contribution in [0.5, 0.6) is 0 Å². The molecule has 0 aromatic heterocycles. The second-order valence-corrected chi connectivity index (χ2v) is 8.57. The minimum absolute atomic E-state index is 0.0221. The molecule has 2 aliphatic rings. The van der Waals surface area contributed by atoms with E-state index in [9.17, 15) is 0 Å². The highest BCUT2D eigenvalue weighted by atomic mass is 32.2. The van der Waals surface area contributed by atoms with Crippen molar-refractivity contribution >= 4 is 11.8 Å². The van der Waals surface area contributed by atoms with E-state index in [0.717, 1.165) is 12.3 Å². The van der Waals surface area contributed by atoms with Gasteiger partial charge in [0, 0.05) is 12.0 Å². The number of nitrogens with two attached hydrogens (primary N) is 1. The van der Waals surface area contributed by atoms with E-state index in [2.05, 4.69) is 44.9 Å². The molecular weight excluding hydrogens is 256 g/mol. The maximum atomic E-state index is 6.22. The van der Waals surface area contributed by atoms with Gasteiger partial charge in [0.1, 0.15) is 0 Å². The third-order valence-electron chi connectivity index (χ3n) is 4.77. The summed E-state index contributed by atoms with van der Waals surface area (Å²) in [6.07, 6.45) is 4.99. The number of hydrogen-bond donors (Lipinski definition) is 2. The van der Waals surface area contributed by atoms with Crippen LogP contribution in [0.4, 0.5) is 0 Å². The quantitative estimate of drug-likeness (QED) is 0.616. The normalized spacial score (nSPS) is 32.4. The molecule has 19 heavy (non-hydrogen) atoms. The van der Waals surface area contributed by atoms with Crippen molar-refractivity contribution in [2.24, 2.45) is 17.7 Å². The van der Waals surface area contributed by atoms with E-state index < -0.39 is 0 Å². The highest BCUT2D eigenvalue weighted by molar-refractivity contribution is 7.99. The molecule has 0 radical (unpaired) electrons. The fourth-order valence-corrected chi connectivity index (χ4v) is 5.13. The van der Waals surface area contributed by atoms with Crippen molar-refractivity contribution in [3.05, 3.63) is 0 Å². The standard InChI is InChI=1S/C15H30N2OS/c1-14(2)10-12(15(3,4)18-14)13(17-16)9-11-5-7-19-8-6-11/h11-13,17H,5-10,16H2,1-4H3. The van der Waals surface area contributed by atoms with Crippen LogP contribution in [-0.4, -0.2) is 28.7 Å². The molecule has 0 bridgehead atoms. The number of rotatable bonds is 4. The molecule has 0 amide bonds. The summed E-state index contributed by atoms with van der Waals surface area (Å²) in [5.41, 5.74) is 3.00. The molecule has 3 N–H and O–H groups in total. The lowest BCUT2D eigenvalue weighted by molar-refractivity contribution is -0.0783. The van der Waals surface area contributed by atoms with E-state index in [4.69, 9.17) is 10.6 Å². The predicted molar refractivity (Wildman–Crippen MR) is 83.1 cm³/mol. The molecule has 0 saturated carbocycles. The van der Waals surface area contributed by atoms with Gasteiger partial charge < -0.3 is 4.74 Å². The molecule has 2 unspecified atom stereocenters. The van der Waals surface area contributed by atoms with Gasteiger partial charge >= 0.3 is 0 Å². The number of hydrazine groups is 1. The third-order valence-corrected chi connectivity index (χ3v) is 5.82. The molecule has 2 fully saturated rings. The predicted octanol–water partition coefficient (Wildman–Crippen LogP) is 2.95. The zero-order chi connectivity index (χ0) is 14.1. The first kappa shape index (κ1) is 15.6. The lowest BCUT2D eigenvalue weighted by Crippen LogP contribution is -2.48. The number of hydrogen-bond acceptors (Lipinski definition) is 4. The lowest BCUT2D eigenvalue weighted by atomic mass is 9.78. The molecule has 0 aromatic carbocycles. The fraction of sp³-hybridized carbons (Fsp3) is 1.00. The molecule has 112 valence electrons. The van der Waals surface area contributed by atoms with Gasteiger partial charge in [-0.3, -0.25) is 11.3 Å². The first-order valence-corrected chi connectivity index (χ1v) is 8.73.